The van der Waals surface area contributed by atoms with Crippen molar-refractivity contribution in [1.29, 1.82) is 5.26 Å². The molecule has 28 heavy (non-hydrogen) atoms. The molecule has 1 saturated heterocycles. The minimum absolute atomic E-state index is 0.225. The van der Waals surface area contributed by atoms with Gasteiger partial charge in [0, 0.05) is 22.9 Å². The molecule has 144 valence electrons. The smallest absolute Gasteiger partial charge is 0.340 e. The van der Waals surface area contributed by atoms with Crippen molar-refractivity contribution in [1.82, 2.24) is 4.90 Å². The number of nitriles is 1. The standard InChI is InChI=1S/C21H20N2O4S/c1-15(20(24)23-10-12-26-13-11-23)27-21(25)17-7-3-5-9-19(17)28-18-8-4-2-6-16(18)14-22/h2-9,15H,10-13H2,1H3/t15-/m0/s1. The van der Waals surface area contributed by atoms with Crippen molar-refractivity contribution in [2.75, 3.05) is 26.3 Å². The maximum atomic E-state index is 12.7. The highest BCUT2D eigenvalue weighted by molar-refractivity contribution is 7.99. The number of hydrogen-bond acceptors (Lipinski definition) is 6. The van der Waals surface area contributed by atoms with E-state index in [2.05, 4.69) is 6.07 Å². The van der Waals surface area contributed by atoms with E-state index in [0.717, 1.165) is 4.90 Å². The first-order valence-electron chi connectivity index (χ1n) is 8.93. The molecule has 0 N–H and O–H groups in total. The first-order chi connectivity index (χ1) is 13.6. The summed E-state index contributed by atoms with van der Waals surface area (Å²) in [5, 5.41) is 9.27. The van der Waals surface area contributed by atoms with Crippen LogP contribution in [-0.4, -0.2) is 49.2 Å². The molecule has 1 heterocycles. The molecule has 3 rings (SSSR count). The number of amides is 1. The molecule has 6 nitrogen and oxygen atoms in total. The van der Waals surface area contributed by atoms with Crippen molar-refractivity contribution in [3.8, 4) is 6.07 Å². The van der Waals surface area contributed by atoms with Gasteiger partial charge < -0.3 is 14.4 Å². The predicted molar refractivity (Wildman–Crippen MR) is 104 cm³/mol. The van der Waals surface area contributed by atoms with Crippen LogP contribution in [0.1, 0.15) is 22.8 Å². The predicted octanol–water partition coefficient (Wildman–Crippen LogP) is 3.11. The van der Waals surface area contributed by atoms with Crippen LogP contribution in [0.2, 0.25) is 0 Å². The molecule has 0 saturated carbocycles. The fourth-order valence-electron chi connectivity index (χ4n) is 2.81. The second-order valence-corrected chi connectivity index (χ2v) is 7.28. The molecular weight excluding hydrogens is 376 g/mol. The number of esters is 1. The maximum Gasteiger partial charge on any atom is 0.340 e. The highest BCUT2D eigenvalue weighted by atomic mass is 32.2. The van der Waals surface area contributed by atoms with E-state index in [-0.39, 0.29) is 5.91 Å². The molecule has 0 spiro atoms. The molecule has 0 aliphatic carbocycles. The van der Waals surface area contributed by atoms with Gasteiger partial charge in [-0.25, -0.2) is 4.79 Å². The Labute approximate surface area is 168 Å². The van der Waals surface area contributed by atoms with Gasteiger partial charge in [0.2, 0.25) is 0 Å². The molecule has 1 aliphatic rings. The normalized spacial score (nSPS) is 14.8. The molecule has 0 aromatic heterocycles. The van der Waals surface area contributed by atoms with E-state index in [1.54, 1.807) is 42.2 Å². The van der Waals surface area contributed by atoms with Crippen molar-refractivity contribution in [2.45, 2.75) is 22.8 Å². The van der Waals surface area contributed by atoms with E-state index >= 15 is 0 Å². The van der Waals surface area contributed by atoms with Crippen molar-refractivity contribution in [3.05, 3.63) is 59.7 Å². The van der Waals surface area contributed by atoms with Gasteiger partial charge >= 0.3 is 5.97 Å². The first-order valence-corrected chi connectivity index (χ1v) is 9.75. The Morgan fingerprint density at radius 2 is 1.75 bits per heavy atom. The van der Waals surface area contributed by atoms with Gasteiger partial charge in [-0.15, -0.1) is 0 Å². The van der Waals surface area contributed by atoms with Gasteiger partial charge in [0.05, 0.1) is 24.3 Å². The molecule has 1 aliphatic heterocycles. The number of ether oxygens (including phenoxy) is 2. The van der Waals surface area contributed by atoms with Crippen LogP contribution < -0.4 is 0 Å². The van der Waals surface area contributed by atoms with E-state index in [1.807, 2.05) is 18.2 Å². The largest absolute Gasteiger partial charge is 0.449 e. The van der Waals surface area contributed by atoms with Gasteiger partial charge in [0.1, 0.15) is 6.07 Å². The molecule has 0 bridgehead atoms. The maximum absolute atomic E-state index is 12.7. The van der Waals surface area contributed by atoms with Crippen LogP contribution in [0, 0.1) is 11.3 Å². The second-order valence-electron chi connectivity index (χ2n) is 6.19. The minimum atomic E-state index is -0.880. The number of rotatable bonds is 5. The van der Waals surface area contributed by atoms with Crippen molar-refractivity contribution in [3.63, 3.8) is 0 Å². The average Bonchev–Trinajstić information content (AvgIpc) is 2.74. The van der Waals surface area contributed by atoms with Crippen LogP contribution in [0.15, 0.2) is 58.3 Å². The number of carbonyl (C=O) groups excluding carboxylic acids is 2. The monoisotopic (exact) mass is 396 g/mol. The Hall–Kier alpha value is -2.82. The van der Waals surface area contributed by atoms with E-state index in [1.165, 1.54) is 11.8 Å². The van der Waals surface area contributed by atoms with Gasteiger partial charge in [0.25, 0.3) is 5.91 Å². The Balaban J connectivity index is 1.73. The summed E-state index contributed by atoms with van der Waals surface area (Å²) in [5.74, 6) is -0.789. The van der Waals surface area contributed by atoms with Crippen LogP contribution in [0.3, 0.4) is 0 Å². The van der Waals surface area contributed by atoms with Crippen molar-refractivity contribution in [2.24, 2.45) is 0 Å². The van der Waals surface area contributed by atoms with Gasteiger partial charge in [-0.3, -0.25) is 4.79 Å². The summed E-state index contributed by atoms with van der Waals surface area (Å²) in [4.78, 5) is 28.3. The fraction of sp³-hybridized carbons (Fsp3) is 0.286. The quantitative estimate of drug-likeness (QED) is 0.723. The molecule has 2 aromatic rings. The van der Waals surface area contributed by atoms with Crippen LogP contribution in [0.4, 0.5) is 0 Å². The third kappa shape index (κ3) is 4.71. The molecule has 0 unspecified atom stereocenters. The van der Waals surface area contributed by atoms with E-state index in [0.29, 0.717) is 42.3 Å². The van der Waals surface area contributed by atoms with Crippen LogP contribution >= 0.6 is 11.8 Å². The molecule has 1 amide bonds. The lowest BCUT2D eigenvalue weighted by atomic mass is 10.2. The Kier molecular flexibility index (Phi) is 6.69. The number of carbonyl (C=O) groups is 2. The summed E-state index contributed by atoms with van der Waals surface area (Å²) in [6.45, 7) is 3.56. The highest BCUT2D eigenvalue weighted by Gasteiger charge is 2.26. The van der Waals surface area contributed by atoms with Crippen LogP contribution in [-0.2, 0) is 14.3 Å². The van der Waals surface area contributed by atoms with Gasteiger partial charge in [-0.05, 0) is 31.2 Å². The zero-order valence-electron chi connectivity index (χ0n) is 15.5. The lowest BCUT2D eigenvalue weighted by molar-refractivity contribution is -0.143. The number of morpholine rings is 1. The zero-order valence-corrected chi connectivity index (χ0v) is 16.3. The summed E-state index contributed by atoms with van der Waals surface area (Å²) in [6, 6.07) is 16.4. The van der Waals surface area contributed by atoms with E-state index in [9.17, 15) is 14.9 Å². The molecule has 2 aromatic carbocycles. The summed E-state index contributed by atoms with van der Waals surface area (Å²) >= 11 is 1.32. The molecule has 7 heteroatoms. The topological polar surface area (TPSA) is 79.6 Å². The molecular formula is C21H20N2O4S. The Morgan fingerprint density at radius 1 is 1.11 bits per heavy atom. The first kappa shape index (κ1) is 19.9. The average molecular weight is 396 g/mol. The van der Waals surface area contributed by atoms with Gasteiger partial charge in [0.15, 0.2) is 6.10 Å². The Morgan fingerprint density at radius 3 is 2.46 bits per heavy atom. The second kappa shape index (κ2) is 9.40. The number of benzene rings is 2. The van der Waals surface area contributed by atoms with Gasteiger partial charge in [-0.1, -0.05) is 36.0 Å². The number of nitrogens with zero attached hydrogens (tertiary/aromatic N) is 2. The SMILES string of the molecule is C[C@H](OC(=O)c1ccccc1Sc1ccccc1C#N)C(=O)N1CCOCC1. The third-order valence-electron chi connectivity index (χ3n) is 4.29. The Bertz CT molecular complexity index is 903. The molecule has 1 fully saturated rings. The lowest BCUT2D eigenvalue weighted by Gasteiger charge is -2.29. The minimum Gasteiger partial charge on any atom is -0.449 e. The van der Waals surface area contributed by atoms with Crippen molar-refractivity contribution < 1.29 is 19.1 Å². The zero-order chi connectivity index (χ0) is 19.9. The summed E-state index contributed by atoms with van der Waals surface area (Å²) in [7, 11) is 0. The number of hydrogen-bond donors (Lipinski definition) is 0. The van der Waals surface area contributed by atoms with E-state index < -0.39 is 12.1 Å². The fourth-order valence-corrected chi connectivity index (χ4v) is 3.82. The van der Waals surface area contributed by atoms with Crippen LogP contribution in [0.5, 0.6) is 0 Å². The molecule has 1 atom stereocenters. The molecule has 0 radical (unpaired) electrons. The van der Waals surface area contributed by atoms with Crippen LogP contribution in [0.25, 0.3) is 0 Å². The van der Waals surface area contributed by atoms with E-state index in [4.69, 9.17) is 9.47 Å². The highest BCUT2D eigenvalue weighted by Crippen LogP contribution is 2.33. The summed E-state index contributed by atoms with van der Waals surface area (Å²) < 4.78 is 10.7. The van der Waals surface area contributed by atoms with Gasteiger partial charge in [-0.2, -0.15) is 5.26 Å². The third-order valence-corrected chi connectivity index (χ3v) is 5.44. The lowest BCUT2D eigenvalue weighted by Crippen LogP contribution is -2.46. The summed E-state index contributed by atoms with van der Waals surface area (Å²) in [5.41, 5.74) is 0.897. The van der Waals surface area contributed by atoms with Crippen molar-refractivity contribution >= 4 is 23.6 Å². The summed E-state index contributed by atoms with van der Waals surface area (Å²) in [6.07, 6.45) is -0.880.